The molecule has 1 amide bonds. The second-order valence-electron chi connectivity index (χ2n) is 8.84. The highest BCUT2D eigenvalue weighted by Crippen LogP contribution is 2.33. The van der Waals surface area contributed by atoms with E-state index in [0.29, 0.717) is 25.3 Å². The molecule has 168 valence electrons. The number of rotatable bonds is 12. The molecule has 1 aromatic rings. The van der Waals surface area contributed by atoms with Crippen LogP contribution >= 0.6 is 0 Å². The summed E-state index contributed by atoms with van der Waals surface area (Å²) < 4.78 is 0. The van der Waals surface area contributed by atoms with E-state index in [0.717, 1.165) is 32.1 Å². The van der Waals surface area contributed by atoms with Gasteiger partial charge in [-0.25, -0.2) is 0 Å². The van der Waals surface area contributed by atoms with Crippen molar-refractivity contribution in [1.29, 1.82) is 0 Å². The molecular formula is C26H35NO4. The van der Waals surface area contributed by atoms with E-state index >= 15 is 0 Å². The lowest BCUT2D eigenvalue weighted by molar-refractivity contribution is -0.122. The first kappa shape index (κ1) is 23.4. The molecule has 2 aliphatic rings. The third-order valence-electron chi connectivity index (χ3n) is 6.13. The molecule has 2 saturated carbocycles. The number of Topliss-reactive ketones (excluding diaryl/α,β-unsaturated/α-hetero) is 1. The Morgan fingerprint density at radius 2 is 1.97 bits per heavy atom. The molecule has 0 aliphatic heterocycles. The molecule has 2 aliphatic carbocycles. The molecule has 3 N–H and O–H groups in total. The Morgan fingerprint density at radius 1 is 1.19 bits per heavy atom. The van der Waals surface area contributed by atoms with Gasteiger partial charge in [0, 0.05) is 30.7 Å². The van der Waals surface area contributed by atoms with E-state index in [9.17, 15) is 19.8 Å². The van der Waals surface area contributed by atoms with Crippen LogP contribution in [0.3, 0.4) is 0 Å². The quantitative estimate of drug-likeness (QED) is 0.353. The smallest absolute Gasteiger partial charge is 0.220 e. The summed E-state index contributed by atoms with van der Waals surface area (Å²) in [5.74, 6) is -0.301. The number of allylic oxidation sites excluding steroid dienone is 2. The van der Waals surface area contributed by atoms with E-state index in [1.165, 1.54) is 5.56 Å². The van der Waals surface area contributed by atoms with Crippen molar-refractivity contribution in [3.8, 4) is 0 Å². The highest BCUT2D eigenvalue weighted by Gasteiger charge is 2.39. The van der Waals surface area contributed by atoms with Crippen molar-refractivity contribution in [3.05, 3.63) is 60.2 Å². The third kappa shape index (κ3) is 8.08. The van der Waals surface area contributed by atoms with Gasteiger partial charge < -0.3 is 15.5 Å². The first-order chi connectivity index (χ1) is 15.0. The Hall–Kier alpha value is -2.24. The van der Waals surface area contributed by atoms with Crippen molar-refractivity contribution >= 4 is 11.7 Å². The van der Waals surface area contributed by atoms with Gasteiger partial charge in [0.1, 0.15) is 5.78 Å². The van der Waals surface area contributed by atoms with E-state index < -0.39 is 12.2 Å². The van der Waals surface area contributed by atoms with Crippen LogP contribution in [-0.2, 0) is 16.0 Å². The van der Waals surface area contributed by atoms with Gasteiger partial charge in [0.15, 0.2) is 0 Å². The number of aliphatic hydroxyl groups excluding tert-OH is 2. The Morgan fingerprint density at radius 3 is 2.71 bits per heavy atom. The van der Waals surface area contributed by atoms with E-state index in [1.807, 2.05) is 48.6 Å². The van der Waals surface area contributed by atoms with Crippen LogP contribution in [0.2, 0.25) is 0 Å². The van der Waals surface area contributed by atoms with Crippen LogP contribution in [-0.4, -0.2) is 40.2 Å². The van der Waals surface area contributed by atoms with Crippen LogP contribution < -0.4 is 5.32 Å². The number of ketones is 1. The van der Waals surface area contributed by atoms with Gasteiger partial charge in [0.05, 0.1) is 12.2 Å². The topological polar surface area (TPSA) is 86.6 Å². The fourth-order valence-corrected chi connectivity index (χ4v) is 4.11. The van der Waals surface area contributed by atoms with Crippen molar-refractivity contribution in [2.24, 2.45) is 11.8 Å². The van der Waals surface area contributed by atoms with Gasteiger partial charge in [-0.1, -0.05) is 54.6 Å². The first-order valence-corrected chi connectivity index (χ1v) is 11.6. The number of nitrogens with one attached hydrogen (secondary N) is 1. The highest BCUT2D eigenvalue weighted by atomic mass is 16.3. The summed E-state index contributed by atoms with van der Waals surface area (Å²) in [6, 6.07) is 10.4. The zero-order chi connectivity index (χ0) is 22.1. The van der Waals surface area contributed by atoms with Gasteiger partial charge in [-0.05, 0) is 50.5 Å². The van der Waals surface area contributed by atoms with Crippen LogP contribution in [0.15, 0.2) is 54.6 Å². The summed E-state index contributed by atoms with van der Waals surface area (Å²) in [4.78, 5) is 24.0. The second-order valence-corrected chi connectivity index (χ2v) is 8.84. The first-order valence-electron chi connectivity index (χ1n) is 11.6. The minimum atomic E-state index is -0.686. The summed E-state index contributed by atoms with van der Waals surface area (Å²) >= 11 is 0. The van der Waals surface area contributed by atoms with Gasteiger partial charge in [-0.2, -0.15) is 0 Å². The monoisotopic (exact) mass is 425 g/mol. The fourth-order valence-electron chi connectivity index (χ4n) is 4.11. The van der Waals surface area contributed by atoms with Gasteiger partial charge in [0.25, 0.3) is 0 Å². The molecule has 0 saturated heterocycles. The zero-order valence-corrected chi connectivity index (χ0v) is 18.2. The minimum Gasteiger partial charge on any atom is -0.392 e. The molecule has 5 nitrogen and oxygen atoms in total. The largest absolute Gasteiger partial charge is 0.392 e. The molecule has 5 heteroatoms. The predicted octanol–water partition coefficient (Wildman–Crippen LogP) is 3.50. The van der Waals surface area contributed by atoms with Crippen molar-refractivity contribution in [1.82, 2.24) is 5.32 Å². The van der Waals surface area contributed by atoms with E-state index in [2.05, 4.69) is 5.32 Å². The van der Waals surface area contributed by atoms with Crippen molar-refractivity contribution in [2.75, 3.05) is 0 Å². The number of amides is 1. The summed E-state index contributed by atoms with van der Waals surface area (Å²) in [7, 11) is 0. The zero-order valence-electron chi connectivity index (χ0n) is 18.2. The Balaban J connectivity index is 1.40. The average molecular weight is 426 g/mol. The molecule has 1 aromatic carbocycles. The van der Waals surface area contributed by atoms with E-state index in [4.69, 9.17) is 0 Å². The van der Waals surface area contributed by atoms with Crippen LogP contribution in [0, 0.1) is 11.8 Å². The maximum atomic E-state index is 12.3. The number of hydrogen-bond donors (Lipinski definition) is 3. The number of aryl methyl sites for hydroxylation is 1. The molecule has 0 spiro atoms. The van der Waals surface area contributed by atoms with E-state index in [-0.39, 0.29) is 29.9 Å². The summed E-state index contributed by atoms with van der Waals surface area (Å²) in [6.07, 6.45) is 12.8. The fraction of sp³-hybridized carbons (Fsp3) is 0.538. The molecule has 2 fully saturated rings. The highest BCUT2D eigenvalue weighted by molar-refractivity contribution is 5.84. The average Bonchev–Trinajstić information content (AvgIpc) is 3.52. The lowest BCUT2D eigenvalue weighted by Gasteiger charge is -2.16. The minimum absolute atomic E-state index is 0.0781. The molecule has 4 atom stereocenters. The second kappa shape index (κ2) is 12.0. The van der Waals surface area contributed by atoms with Crippen LogP contribution in [0.1, 0.15) is 56.9 Å². The molecule has 31 heavy (non-hydrogen) atoms. The maximum Gasteiger partial charge on any atom is 0.220 e. The van der Waals surface area contributed by atoms with Crippen molar-refractivity contribution < 1.29 is 19.8 Å². The summed E-state index contributed by atoms with van der Waals surface area (Å²) in [6.45, 7) is 0. The molecule has 0 heterocycles. The van der Waals surface area contributed by atoms with Gasteiger partial charge in [-0.3, -0.25) is 9.59 Å². The number of benzene rings is 1. The lowest BCUT2D eigenvalue weighted by Crippen LogP contribution is -2.24. The molecule has 0 bridgehead atoms. The number of hydrogen-bond acceptors (Lipinski definition) is 4. The number of carbonyl (C=O) groups excluding carboxylic acids is 2. The van der Waals surface area contributed by atoms with Crippen LogP contribution in [0.4, 0.5) is 0 Å². The SMILES string of the molecule is O=C(CCCC=CC[C@H]1C(=O)C[C@@H](O)[C@@H]1C=C[C@@H](O)CCc1ccccc1)NC1CC1. The third-order valence-corrected chi connectivity index (χ3v) is 6.13. The predicted molar refractivity (Wildman–Crippen MR) is 121 cm³/mol. The van der Waals surface area contributed by atoms with Gasteiger partial charge in [0.2, 0.25) is 5.91 Å². The van der Waals surface area contributed by atoms with Crippen LogP contribution in [0.5, 0.6) is 0 Å². The molecule has 0 unspecified atom stereocenters. The normalized spacial score (nSPS) is 24.8. The van der Waals surface area contributed by atoms with Gasteiger partial charge >= 0.3 is 0 Å². The Kier molecular flexibility index (Phi) is 9.04. The number of unbranched alkanes of at least 4 members (excludes halogenated alkanes) is 1. The van der Waals surface area contributed by atoms with Crippen molar-refractivity contribution in [3.63, 3.8) is 0 Å². The maximum absolute atomic E-state index is 12.3. The van der Waals surface area contributed by atoms with Gasteiger partial charge in [-0.15, -0.1) is 0 Å². The standard InChI is InChI=1S/C26H35NO4/c28-21(15-12-19-8-4-3-5-9-19)16-17-23-22(24(29)18-25(23)30)10-6-1-2-7-11-26(31)27-20-13-14-20/h1,3-6,8-9,16-17,20-23,25,28,30H,2,7,10-15,18H2,(H,27,31)/t21-,22+,23+,25+/m0/s1. The Bertz CT molecular complexity index is 769. The number of aliphatic hydroxyl groups is 2. The molecule has 0 radical (unpaired) electrons. The molecule has 0 aromatic heterocycles. The van der Waals surface area contributed by atoms with E-state index in [1.54, 1.807) is 6.08 Å². The van der Waals surface area contributed by atoms with Crippen molar-refractivity contribution in [2.45, 2.75) is 76.0 Å². The summed E-state index contributed by atoms with van der Waals surface area (Å²) in [5, 5.41) is 23.6. The Labute approximate surface area is 185 Å². The summed E-state index contributed by atoms with van der Waals surface area (Å²) in [5.41, 5.74) is 1.18. The molecule has 3 rings (SSSR count). The number of carbonyl (C=O) groups is 2. The van der Waals surface area contributed by atoms with Crippen LogP contribution in [0.25, 0.3) is 0 Å². The lowest BCUT2D eigenvalue weighted by atomic mass is 9.90. The molecular weight excluding hydrogens is 390 g/mol.